The first kappa shape index (κ1) is 23.2. The molecule has 0 atom stereocenters. The first-order chi connectivity index (χ1) is 9.41. The van der Waals surface area contributed by atoms with Gasteiger partial charge in [0.05, 0.1) is 6.67 Å². The van der Waals surface area contributed by atoms with Gasteiger partial charge in [-0.05, 0) is 6.42 Å². The second-order valence-electron chi connectivity index (χ2n) is 5.99. The Kier molecular flexibility index (Phi) is 25.8. The normalized spacial score (nSPS) is 10.5. The molecule has 0 fully saturated rings. The number of halogens is 1. The van der Waals surface area contributed by atoms with Gasteiger partial charge in [0.25, 0.3) is 0 Å². The van der Waals surface area contributed by atoms with Crippen LogP contribution in [0.3, 0.4) is 0 Å². The van der Waals surface area contributed by atoms with Gasteiger partial charge in [-0.15, -0.1) is 0 Å². The Hall–Kier alpha value is 0.930. The number of unbranched alkanes of at least 4 members (excludes halogenated alkanes) is 15. The summed E-state index contributed by atoms with van der Waals surface area (Å²) in [5, 5.41) is 0. The zero-order valence-corrected chi connectivity index (χ0v) is 16.4. The molecular weight excluding hydrogens is 258 g/mol. The molecule has 0 saturated heterocycles. The maximum absolute atomic E-state index is 11.9. The van der Waals surface area contributed by atoms with Crippen molar-refractivity contribution in [3.05, 3.63) is 0 Å². The van der Waals surface area contributed by atoms with Crippen molar-refractivity contribution < 1.29 is 4.39 Å². The van der Waals surface area contributed by atoms with Gasteiger partial charge in [0.2, 0.25) is 0 Å². The van der Waals surface area contributed by atoms with Crippen LogP contribution in [0.5, 0.6) is 0 Å². The maximum atomic E-state index is 11.9. The van der Waals surface area contributed by atoms with E-state index < -0.39 is 0 Å². The first-order valence-electron chi connectivity index (χ1n) is 8.97. The van der Waals surface area contributed by atoms with Crippen LogP contribution in [0, 0.1) is 0 Å². The second-order valence-corrected chi connectivity index (χ2v) is 5.99. The van der Waals surface area contributed by atoms with E-state index in [9.17, 15) is 4.39 Å². The molecule has 0 aliphatic carbocycles. The molecule has 0 aliphatic heterocycles. The van der Waals surface area contributed by atoms with E-state index in [-0.39, 0.29) is 36.2 Å². The zero-order chi connectivity index (χ0) is 14.0. The molecule has 0 bridgehead atoms. The van der Waals surface area contributed by atoms with E-state index in [4.69, 9.17) is 0 Å². The third kappa shape index (κ3) is 21.2. The summed E-state index contributed by atoms with van der Waals surface area (Å²) >= 11 is 0. The Balaban J connectivity index is 0. The van der Waals surface area contributed by atoms with Crippen molar-refractivity contribution >= 4 is 29.6 Å². The van der Waals surface area contributed by atoms with Gasteiger partial charge in [-0.3, -0.25) is 4.39 Å². The van der Waals surface area contributed by atoms with Crippen LogP contribution in [0.15, 0.2) is 0 Å². The van der Waals surface area contributed by atoms with E-state index in [0.29, 0.717) is 0 Å². The van der Waals surface area contributed by atoms with Crippen molar-refractivity contribution in [2.45, 2.75) is 110 Å². The van der Waals surface area contributed by atoms with Gasteiger partial charge in [0.15, 0.2) is 0 Å². The summed E-state index contributed by atoms with van der Waals surface area (Å²) in [6, 6.07) is 0. The fourth-order valence-electron chi connectivity index (χ4n) is 2.64. The summed E-state index contributed by atoms with van der Waals surface area (Å²) < 4.78 is 11.9. The molecule has 0 aromatic heterocycles. The third-order valence-corrected chi connectivity index (χ3v) is 3.99. The van der Waals surface area contributed by atoms with E-state index in [1.807, 2.05) is 0 Å². The SMILES string of the molecule is CCCCCCCCCCCCCCCCCCF.[Na]. The van der Waals surface area contributed by atoms with Crippen LogP contribution in [0.2, 0.25) is 0 Å². The van der Waals surface area contributed by atoms with Gasteiger partial charge >= 0.3 is 0 Å². The molecule has 1 radical (unpaired) electrons. The molecule has 0 nitrogen and oxygen atoms in total. The minimum atomic E-state index is -0.127. The Labute approximate surface area is 150 Å². The summed E-state index contributed by atoms with van der Waals surface area (Å²) in [6.45, 7) is 2.15. The first-order valence-corrected chi connectivity index (χ1v) is 8.97. The van der Waals surface area contributed by atoms with Crippen molar-refractivity contribution in [1.82, 2.24) is 0 Å². The van der Waals surface area contributed by atoms with E-state index in [1.54, 1.807) is 0 Å². The van der Waals surface area contributed by atoms with Crippen molar-refractivity contribution in [2.75, 3.05) is 6.67 Å². The van der Waals surface area contributed by atoms with Crippen LogP contribution in [0.4, 0.5) is 4.39 Å². The number of hydrogen-bond acceptors (Lipinski definition) is 0. The molecule has 20 heavy (non-hydrogen) atoms. The second kappa shape index (κ2) is 22.2. The average Bonchev–Trinajstić information content (AvgIpc) is 2.43. The van der Waals surface area contributed by atoms with Gasteiger partial charge in [0.1, 0.15) is 0 Å². The summed E-state index contributed by atoms with van der Waals surface area (Å²) in [5.41, 5.74) is 0. The molecule has 2 heteroatoms. The molecule has 0 unspecified atom stereocenters. The molecular formula is C18H37FNa. The summed E-state index contributed by atoms with van der Waals surface area (Å²) in [5.74, 6) is 0. The zero-order valence-electron chi connectivity index (χ0n) is 14.4. The van der Waals surface area contributed by atoms with Crippen LogP contribution < -0.4 is 0 Å². The molecule has 0 amide bonds. The van der Waals surface area contributed by atoms with Crippen molar-refractivity contribution in [1.29, 1.82) is 0 Å². The Bertz CT molecular complexity index is 134. The summed E-state index contributed by atoms with van der Waals surface area (Å²) in [6.07, 6.45) is 21.5. The Morgan fingerprint density at radius 1 is 0.450 bits per heavy atom. The maximum Gasteiger partial charge on any atom is 0.0894 e. The van der Waals surface area contributed by atoms with Crippen molar-refractivity contribution in [3.63, 3.8) is 0 Å². The molecule has 0 aromatic rings. The van der Waals surface area contributed by atoms with Crippen molar-refractivity contribution in [2.24, 2.45) is 0 Å². The van der Waals surface area contributed by atoms with E-state index in [0.717, 1.165) is 12.8 Å². The monoisotopic (exact) mass is 295 g/mol. The van der Waals surface area contributed by atoms with Gasteiger partial charge in [-0.2, -0.15) is 0 Å². The molecule has 0 saturated carbocycles. The topological polar surface area (TPSA) is 0 Å². The largest absolute Gasteiger partial charge is 0.251 e. The fourth-order valence-corrected chi connectivity index (χ4v) is 2.64. The smallest absolute Gasteiger partial charge is 0.0894 e. The standard InChI is InChI=1S/C18H37F.Na/c1-2-3-4-5-6-7-8-9-10-11-12-13-14-15-16-17-18-19;/h2-18H2,1H3;. The van der Waals surface area contributed by atoms with Crippen LogP contribution in [-0.2, 0) is 0 Å². The fraction of sp³-hybridized carbons (Fsp3) is 1.00. The summed E-state index contributed by atoms with van der Waals surface area (Å²) in [4.78, 5) is 0. The molecule has 0 spiro atoms. The van der Waals surface area contributed by atoms with Crippen LogP contribution in [-0.4, -0.2) is 36.2 Å². The predicted molar refractivity (Wildman–Crippen MR) is 91.3 cm³/mol. The number of hydrogen-bond donors (Lipinski definition) is 0. The van der Waals surface area contributed by atoms with Crippen molar-refractivity contribution in [3.8, 4) is 0 Å². The molecule has 0 aromatic carbocycles. The van der Waals surface area contributed by atoms with Gasteiger partial charge in [-0.1, -0.05) is 103 Å². The Morgan fingerprint density at radius 2 is 0.700 bits per heavy atom. The minimum Gasteiger partial charge on any atom is -0.251 e. The quantitative estimate of drug-likeness (QED) is 0.216. The van der Waals surface area contributed by atoms with Gasteiger partial charge < -0.3 is 0 Å². The van der Waals surface area contributed by atoms with Gasteiger partial charge in [0, 0.05) is 29.6 Å². The van der Waals surface area contributed by atoms with E-state index in [1.165, 1.54) is 89.9 Å². The van der Waals surface area contributed by atoms with Crippen LogP contribution in [0.1, 0.15) is 110 Å². The molecule has 0 heterocycles. The number of rotatable bonds is 16. The Morgan fingerprint density at radius 3 is 0.950 bits per heavy atom. The summed E-state index contributed by atoms with van der Waals surface area (Å²) in [7, 11) is 0. The van der Waals surface area contributed by atoms with E-state index in [2.05, 4.69) is 6.92 Å². The van der Waals surface area contributed by atoms with Crippen LogP contribution in [0.25, 0.3) is 0 Å². The number of alkyl halides is 1. The third-order valence-electron chi connectivity index (χ3n) is 3.99. The van der Waals surface area contributed by atoms with Gasteiger partial charge in [-0.25, -0.2) is 0 Å². The molecule has 0 aliphatic rings. The minimum absolute atomic E-state index is 0. The predicted octanol–water partition coefficient (Wildman–Crippen LogP) is 6.84. The van der Waals surface area contributed by atoms with E-state index >= 15 is 0 Å². The van der Waals surface area contributed by atoms with Crippen LogP contribution >= 0.6 is 0 Å². The molecule has 0 N–H and O–H groups in total. The molecule has 117 valence electrons. The average molecular weight is 295 g/mol. The molecule has 0 rings (SSSR count).